The van der Waals surface area contributed by atoms with E-state index in [2.05, 4.69) is 15.9 Å². The van der Waals surface area contributed by atoms with E-state index < -0.39 is 12.4 Å². The number of fused-ring (bicyclic) bond motifs is 1. The Morgan fingerprint density at radius 3 is 2.78 bits per heavy atom. The summed E-state index contributed by atoms with van der Waals surface area (Å²) in [4.78, 5) is 11.5. The predicted molar refractivity (Wildman–Crippen MR) is 64.8 cm³/mol. The van der Waals surface area contributed by atoms with Gasteiger partial charge in [0.25, 0.3) is 6.43 Å². The van der Waals surface area contributed by atoms with E-state index in [1.807, 2.05) is 0 Å². The molecule has 6 heteroatoms. The van der Waals surface area contributed by atoms with Gasteiger partial charge in [-0.05, 0) is 25.1 Å². The number of alkyl halides is 2. The lowest BCUT2D eigenvalue weighted by Crippen LogP contribution is -2.02. The molecule has 0 aliphatic rings. The van der Waals surface area contributed by atoms with Crippen LogP contribution >= 0.6 is 15.9 Å². The van der Waals surface area contributed by atoms with Crippen molar-refractivity contribution in [2.75, 3.05) is 6.61 Å². The molecule has 0 aliphatic heterocycles. The summed E-state index contributed by atoms with van der Waals surface area (Å²) < 4.78 is 36.1. The van der Waals surface area contributed by atoms with E-state index in [-0.39, 0.29) is 23.5 Å². The molecule has 1 aromatic carbocycles. The quantitative estimate of drug-likeness (QED) is 0.792. The molecule has 0 bridgehead atoms. The monoisotopic (exact) mass is 318 g/mol. The second-order valence-corrected chi connectivity index (χ2v) is 4.46. The molecule has 0 saturated heterocycles. The predicted octanol–water partition coefficient (Wildman–Crippen LogP) is 4.31. The second kappa shape index (κ2) is 5.06. The van der Waals surface area contributed by atoms with Crippen LogP contribution in [0.15, 0.2) is 27.1 Å². The number of benzene rings is 1. The van der Waals surface area contributed by atoms with Crippen molar-refractivity contribution >= 4 is 32.9 Å². The number of rotatable bonds is 3. The Labute approximate surface area is 110 Å². The molecule has 1 aromatic heterocycles. The molecule has 0 fully saturated rings. The number of furan rings is 1. The van der Waals surface area contributed by atoms with Crippen molar-refractivity contribution in [3.05, 3.63) is 34.0 Å². The zero-order chi connectivity index (χ0) is 13.3. The largest absolute Gasteiger partial charge is 0.460 e. The second-order valence-electron chi connectivity index (χ2n) is 3.55. The number of hydrogen-bond acceptors (Lipinski definition) is 3. The summed E-state index contributed by atoms with van der Waals surface area (Å²) in [5, 5.41) is 0.433. The van der Waals surface area contributed by atoms with Crippen LogP contribution in [0.1, 0.15) is 29.5 Å². The number of esters is 1. The van der Waals surface area contributed by atoms with Gasteiger partial charge in [-0.2, -0.15) is 0 Å². The Hall–Kier alpha value is -1.43. The van der Waals surface area contributed by atoms with Crippen molar-refractivity contribution < 1.29 is 22.7 Å². The van der Waals surface area contributed by atoms with Gasteiger partial charge in [-0.25, -0.2) is 13.6 Å². The molecular weight excluding hydrogens is 310 g/mol. The number of carbonyl (C=O) groups excluding carboxylic acids is 1. The fourth-order valence-corrected chi connectivity index (χ4v) is 2.10. The molecule has 0 unspecified atom stereocenters. The van der Waals surface area contributed by atoms with Crippen LogP contribution in [0.2, 0.25) is 0 Å². The molecule has 0 saturated carbocycles. The maximum Gasteiger partial charge on any atom is 0.374 e. The smallest absolute Gasteiger partial charge is 0.374 e. The molecule has 0 aliphatic carbocycles. The lowest BCUT2D eigenvalue weighted by molar-refractivity contribution is 0.0492. The van der Waals surface area contributed by atoms with Crippen molar-refractivity contribution in [1.82, 2.24) is 0 Å². The van der Waals surface area contributed by atoms with Crippen molar-refractivity contribution in [2.45, 2.75) is 13.3 Å². The third kappa shape index (κ3) is 2.38. The Balaban J connectivity index is 2.56. The Morgan fingerprint density at radius 1 is 1.44 bits per heavy atom. The number of ether oxygens (including phenoxy) is 1. The summed E-state index contributed by atoms with van der Waals surface area (Å²) in [6.07, 6.45) is -2.67. The first-order valence-electron chi connectivity index (χ1n) is 5.21. The summed E-state index contributed by atoms with van der Waals surface area (Å²) in [5.41, 5.74) is -0.244. The minimum atomic E-state index is -2.67. The topological polar surface area (TPSA) is 39.4 Å². The van der Waals surface area contributed by atoms with Crippen LogP contribution in [-0.4, -0.2) is 12.6 Å². The van der Waals surface area contributed by atoms with E-state index in [1.54, 1.807) is 13.0 Å². The van der Waals surface area contributed by atoms with Crippen molar-refractivity contribution in [3.63, 3.8) is 0 Å². The van der Waals surface area contributed by atoms with E-state index in [1.165, 1.54) is 12.1 Å². The van der Waals surface area contributed by atoms with E-state index in [0.717, 1.165) is 0 Å². The normalized spacial score (nSPS) is 11.2. The minimum absolute atomic E-state index is 0.0104. The van der Waals surface area contributed by atoms with Crippen LogP contribution in [0.4, 0.5) is 8.78 Å². The highest BCUT2D eigenvalue weighted by Crippen LogP contribution is 2.33. The first kappa shape index (κ1) is 13.0. The zero-order valence-corrected chi connectivity index (χ0v) is 11.0. The van der Waals surface area contributed by atoms with Gasteiger partial charge in [0.05, 0.1) is 12.2 Å². The van der Waals surface area contributed by atoms with Crippen LogP contribution in [0, 0.1) is 0 Å². The number of halogens is 3. The average molecular weight is 319 g/mol. The molecule has 0 N–H and O–H groups in total. The van der Waals surface area contributed by atoms with Gasteiger partial charge in [0.2, 0.25) is 5.76 Å². The third-order valence-corrected chi connectivity index (χ3v) is 2.78. The molecular formula is C12H9BrF2O3. The van der Waals surface area contributed by atoms with Gasteiger partial charge in [0, 0.05) is 9.86 Å². The Bertz CT molecular complexity index is 592. The fraction of sp³-hybridized carbons (Fsp3) is 0.250. The van der Waals surface area contributed by atoms with Gasteiger partial charge in [0.15, 0.2) is 0 Å². The van der Waals surface area contributed by atoms with Gasteiger partial charge >= 0.3 is 5.97 Å². The van der Waals surface area contributed by atoms with Gasteiger partial charge in [-0.1, -0.05) is 15.9 Å². The summed E-state index contributed by atoms with van der Waals surface area (Å²) in [6.45, 7) is 1.85. The van der Waals surface area contributed by atoms with E-state index >= 15 is 0 Å². The summed E-state index contributed by atoms with van der Waals surface area (Å²) in [7, 11) is 0. The fourth-order valence-electron chi connectivity index (χ4n) is 1.61. The van der Waals surface area contributed by atoms with E-state index in [4.69, 9.17) is 9.15 Å². The first-order chi connectivity index (χ1) is 8.52. The van der Waals surface area contributed by atoms with Crippen LogP contribution < -0.4 is 0 Å². The maximum atomic E-state index is 12.8. The lowest BCUT2D eigenvalue weighted by atomic mass is 10.1. The summed E-state index contributed by atoms with van der Waals surface area (Å²) in [5.74, 6) is -0.739. The zero-order valence-electron chi connectivity index (χ0n) is 9.38. The van der Waals surface area contributed by atoms with E-state index in [9.17, 15) is 13.6 Å². The molecule has 0 atom stereocenters. The Kier molecular flexibility index (Phi) is 3.65. The third-order valence-electron chi connectivity index (χ3n) is 2.32. The lowest BCUT2D eigenvalue weighted by Gasteiger charge is -2.01. The molecule has 0 radical (unpaired) electrons. The molecule has 18 heavy (non-hydrogen) atoms. The minimum Gasteiger partial charge on any atom is -0.460 e. The number of carbonyl (C=O) groups is 1. The van der Waals surface area contributed by atoms with Crippen molar-refractivity contribution in [2.24, 2.45) is 0 Å². The molecule has 96 valence electrons. The standard InChI is InChI=1S/C12H9BrF2O3/c1-2-17-12(16)9-4-6-3-7(13)5-8(11(14)15)10(6)18-9/h3-5,11H,2H2,1H3. The molecule has 0 amide bonds. The van der Waals surface area contributed by atoms with Gasteiger partial charge in [0.1, 0.15) is 5.58 Å². The first-order valence-corrected chi connectivity index (χ1v) is 6.00. The van der Waals surface area contributed by atoms with Gasteiger partial charge in [-0.3, -0.25) is 0 Å². The molecule has 3 nitrogen and oxygen atoms in total. The summed E-state index contributed by atoms with van der Waals surface area (Å²) >= 11 is 3.14. The van der Waals surface area contributed by atoms with Crippen molar-refractivity contribution in [1.29, 1.82) is 0 Å². The molecule has 2 aromatic rings. The highest BCUT2D eigenvalue weighted by Gasteiger charge is 2.20. The van der Waals surface area contributed by atoms with Crippen LogP contribution in [-0.2, 0) is 4.74 Å². The Morgan fingerprint density at radius 2 is 2.17 bits per heavy atom. The van der Waals surface area contributed by atoms with E-state index in [0.29, 0.717) is 9.86 Å². The van der Waals surface area contributed by atoms with Crippen LogP contribution in [0.25, 0.3) is 11.0 Å². The maximum absolute atomic E-state index is 12.8. The number of hydrogen-bond donors (Lipinski definition) is 0. The molecule has 2 rings (SSSR count). The SMILES string of the molecule is CCOC(=O)c1cc2cc(Br)cc(C(F)F)c2o1. The van der Waals surface area contributed by atoms with Crippen LogP contribution in [0.5, 0.6) is 0 Å². The van der Waals surface area contributed by atoms with Crippen molar-refractivity contribution in [3.8, 4) is 0 Å². The summed E-state index contributed by atoms with van der Waals surface area (Å²) in [6, 6.07) is 4.27. The van der Waals surface area contributed by atoms with Gasteiger partial charge < -0.3 is 9.15 Å². The highest BCUT2D eigenvalue weighted by atomic mass is 79.9. The molecule has 0 spiro atoms. The highest BCUT2D eigenvalue weighted by molar-refractivity contribution is 9.10. The average Bonchev–Trinajstić information content (AvgIpc) is 2.71. The molecule has 1 heterocycles. The van der Waals surface area contributed by atoms with Crippen LogP contribution in [0.3, 0.4) is 0 Å². The van der Waals surface area contributed by atoms with Gasteiger partial charge in [-0.15, -0.1) is 0 Å².